The highest BCUT2D eigenvalue weighted by molar-refractivity contribution is 6.24. The Balaban J connectivity index is 3.07. The maximum absolute atomic E-state index is 12.4. The molecule has 0 atom stereocenters. The Labute approximate surface area is 121 Å². The van der Waals surface area contributed by atoms with Crippen LogP contribution in [0.4, 0.5) is 5.69 Å². The van der Waals surface area contributed by atoms with Gasteiger partial charge in [0.1, 0.15) is 0 Å². The summed E-state index contributed by atoms with van der Waals surface area (Å²) in [5.74, 6) is -0.244. The van der Waals surface area contributed by atoms with E-state index >= 15 is 0 Å². The predicted octanol–water partition coefficient (Wildman–Crippen LogP) is 3.12. The van der Waals surface area contributed by atoms with E-state index in [-0.39, 0.29) is 11.6 Å². The fourth-order valence-electron chi connectivity index (χ4n) is 1.84. The minimum atomic E-state index is -0.244. The lowest BCUT2D eigenvalue weighted by Gasteiger charge is -2.18. The van der Waals surface area contributed by atoms with Crippen molar-refractivity contribution in [3.8, 4) is 0 Å². The van der Waals surface area contributed by atoms with Crippen molar-refractivity contribution in [2.45, 2.75) is 27.7 Å². The number of hydrogen-bond acceptors (Lipinski definition) is 3. The van der Waals surface area contributed by atoms with Gasteiger partial charge in [-0.05, 0) is 51.0 Å². The maximum atomic E-state index is 12.4. The molecule has 0 saturated carbocycles. The number of benzene rings is 1. The summed E-state index contributed by atoms with van der Waals surface area (Å²) in [7, 11) is 3.73. The SMILES string of the molecule is CC(=N)/C(C(=O)Nc1ccc(C)c(C)c1)=C(\C)N(C)C. The zero-order valence-electron chi connectivity index (χ0n) is 13.1. The van der Waals surface area contributed by atoms with Gasteiger partial charge in [0.15, 0.2) is 0 Å². The first-order valence-corrected chi connectivity index (χ1v) is 6.56. The monoisotopic (exact) mass is 273 g/mol. The Hall–Kier alpha value is -2.10. The van der Waals surface area contributed by atoms with Gasteiger partial charge in [-0.2, -0.15) is 0 Å². The van der Waals surface area contributed by atoms with E-state index in [1.165, 1.54) is 5.56 Å². The lowest BCUT2D eigenvalue weighted by Crippen LogP contribution is -2.24. The van der Waals surface area contributed by atoms with Crippen molar-refractivity contribution < 1.29 is 4.79 Å². The summed E-state index contributed by atoms with van der Waals surface area (Å²) < 4.78 is 0. The summed E-state index contributed by atoms with van der Waals surface area (Å²) in [5.41, 5.74) is 4.52. The summed E-state index contributed by atoms with van der Waals surface area (Å²) in [6.07, 6.45) is 0. The first kappa shape index (κ1) is 16.0. The molecule has 4 heteroatoms. The molecule has 0 heterocycles. The second-order valence-corrected chi connectivity index (χ2v) is 5.23. The van der Waals surface area contributed by atoms with E-state index in [0.717, 1.165) is 16.9 Å². The zero-order valence-corrected chi connectivity index (χ0v) is 13.1. The molecule has 0 aliphatic carbocycles. The number of aryl methyl sites for hydroxylation is 2. The first-order chi connectivity index (χ1) is 9.23. The Kier molecular flexibility index (Phi) is 5.08. The van der Waals surface area contributed by atoms with Crippen LogP contribution >= 0.6 is 0 Å². The van der Waals surface area contributed by atoms with Crippen LogP contribution in [0.25, 0.3) is 0 Å². The summed E-state index contributed by atoms with van der Waals surface area (Å²) in [4.78, 5) is 14.2. The molecule has 1 amide bonds. The second-order valence-electron chi connectivity index (χ2n) is 5.23. The average molecular weight is 273 g/mol. The summed E-state index contributed by atoms with van der Waals surface area (Å²) in [6, 6.07) is 5.79. The number of anilines is 1. The van der Waals surface area contributed by atoms with Crippen LogP contribution in [-0.4, -0.2) is 30.6 Å². The van der Waals surface area contributed by atoms with Gasteiger partial charge in [0.05, 0.1) is 5.57 Å². The van der Waals surface area contributed by atoms with Crippen molar-refractivity contribution >= 4 is 17.3 Å². The topological polar surface area (TPSA) is 56.2 Å². The van der Waals surface area contributed by atoms with Gasteiger partial charge in [-0.3, -0.25) is 4.79 Å². The molecule has 0 aromatic heterocycles. The molecule has 1 rings (SSSR count). The summed E-state index contributed by atoms with van der Waals surface area (Å²) in [5, 5.41) is 10.7. The molecule has 0 radical (unpaired) electrons. The first-order valence-electron chi connectivity index (χ1n) is 6.56. The molecule has 1 aromatic carbocycles. The van der Waals surface area contributed by atoms with Crippen molar-refractivity contribution in [3.63, 3.8) is 0 Å². The Morgan fingerprint density at radius 3 is 2.20 bits per heavy atom. The van der Waals surface area contributed by atoms with Crippen molar-refractivity contribution in [1.82, 2.24) is 4.90 Å². The van der Waals surface area contributed by atoms with E-state index < -0.39 is 0 Å². The lowest BCUT2D eigenvalue weighted by molar-refractivity contribution is -0.112. The predicted molar refractivity (Wildman–Crippen MR) is 84.3 cm³/mol. The molecule has 0 spiro atoms. The van der Waals surface area contributed by atoms with Crippen LogP contribution in [0.5, 0.6) is 0 Å². The van der Waals surface area contributed by atoms with Crippen LogP contribution < -0.4 is 5.32 Å². The van der Waals surface area contributed by atoms with E-state index in [1.807, 2.05) is 58.0 Å². The highest BCUT2D eigenvalue weighted by atomic mass is 16.1. The number of nitrogens with one attached hydrogen (secondary N) is 2. The standard InChI is InChI=1S/C16H23N3O/c1-10-7-8-14(9-11(10)2)18-16(20)15(12(3)17)13(4)19(5)6/h7-9,17H,1-6H3,(H,18,20)/b15-13-,17-12?. The minimum Gasteiger partial charge on any atom is -0.380 e. The molecule has 108 valence electrons. The molecular weight excluding hydrogens is 250 g/mol. The third-order valence-electron chi connectivity index (χ3n) is 3.40. The highest BCUT2D eigenvalue weighted by Crippen LogP contribution is 2.16. The Morgan fingerprint density at radius 1 is 1.15 bits per heavy atom. The lowest BCUT2D eigenvalue weighted by atomic mass is 10.1. The Bertz CT molecular complexity index is 571. The van der Waals surface area contributed by atoms with Gasteiger partial charge in [-0.1, -0.05) is 6.07 Å². The van der Waals surface area contributed by atoms with Crippen LogP contribution in [0.3, 0.4) is 0 Å². The number of amides is 1. The quantitative estimate of drug-likeness (QED) is 0.654. The molecule has 0 aliphatic rings. The van der Waals surface area contributed by atoms with E-state index in [4.69, 9.17) is 5.41 Å². The number of nitrogens with zero attached hydrogens (tertiary/aromatic N) is 1. The van der Waals surface area contributed by atoms with Gasteiger partial charge in [0, 0.05) is 31.2 Å². The highest BCUT2D eigenvalue weighted by Gasteiger charge is 2.16. The number of rotatable bonds is 4. The fraction of sp³-hybridized carbons (Fsp3) is 0.375. The summed E-state index contributed by atoms with van der Waals surface area (Å²) in [6.45, 7) is 7.51. The third-order valence-corrected chi connectivity index (χ3v) is 3.40. The molecule has 20 heavy (non-hydrogen) atoms. The summed E-state index contributed by atoms with van der Waals surface area (Å²) >= 11 is 0. The van der Waals surface area contributed by atoms with Crippen LogP contribution in [-0.2, 0) is 4.79 Å². The van der Waals surface area contributed by atoms with Crippen molar-refractivity contribution in [1.29, 1.82) is 5.41 Å². The van der Waals surface area contributed by atoms with Crippen LogP contribution in [0.15, 0.2) is 29.5 Å². The average Bonchev–Trinajstić information content (AvgIpc) is 2.33. The molecule has 0 aliphatic heterocycles. The molecule has 0 fully saturated rings. The van der Waals surface area contributed by atoms with E-state index in [9.17, 15) is 4.79 Å². The van der Waals surface area contributed by atoms with E-state index in [0.29, 0.717) is 5.57 Å². The molecule has 0 bridgehead atoms. The number of allylic oxidation sites excluding steroid dienone is 1. The van der Waals surface area contributed by atoms with Crippen LogP contribution in [0.2, 0.25) is 0 Å². The van der Waals surface area contributed by atoms with Crippen molar-refractivity contribution in [3.05, 3.63) is 40.6 Å². The van der Waals surface area contributed by atoms with Crippen molar-refractivity contribution in [2.75, 3.05) is 19.4 Å². The second kappa shape index (κ2) is 6.37. The van der Waals surface area contributed by atoms with E-state index in [2.05, 4.69) is 5.32 Å². The number of carbonyl (C=O) groups is 1. The molecule has 1 aromatic rings. The molecule has 0 saturated heterocycles. The number of carbonyl (C=O) groups excluding carboxylic acids is 1. The normalized spacial score (nSPS) is 11.7. The fourth-order valence-corrected chi connectivity index (χ4v) is 1.84. The maximum Gasteiger partial charge on any atom is 0.259 e. The van der Waals surface area contributed by atoms with Gasteiger partial charge >= 0.3 is 0 Å². The molecule has 2 N–H and O–H groups in total. The smallest absolute Gasteiger partial charge is 0.259 e. The van der Waals surface area contributed by atoms with Gasteiger partial charge in [0.25, 0.3) is 5.91 Å². The molecule has 0 unspecified atom stereocenters. The van der Waals surface area contributed by atoms with Crippen LogP contribution in [0.1, 0.15) is 25.0 Å². The molecule has 4 nitrogen and oxygen atoms in total. The molecular formula is C16H23N3O. The largest absolute Gasteiger partial charge is 0.380 e. The van der Waals surface area contributed by atoms with E-state index in [1.54, 1.807) is 6.92 Å². The van der Waals surface area contributed by atoms with Gasteiger partial charge in [-0.15, -0.1) is 0 Å². The third kappa shape index (κ3) is 3.70. The van der Waals surface area contributed by atoms with Crippen LogP contribution in [0, 0.1) is 19.3 Å². The minimum absolute atomic E-state index is 0.244. The van der Waals surface area contributed by atoms with Gasteiger partial charge in [0.2, 0.25) is 0 Å². The van der Waals surface area contributed by atoms with Gasteiger partial charge in [-0.25, -0.2) is 0 Å². The Morgan fingerprint density at radius 2 is 1.75 bits per heavy atom. The zero-order chi connectivity index (χ0) is 15.4. The van der Waals surface area contributed by atoms with Crippen molar-refractivity contribution in [2.24, 2.45) is 0 Å². The van der Waals surface area contributed by atoms with Gasteiger partial charge < -0.3 is 15.6 Å². The number of hydrogen-bond donors (Lipinski definition) is 2.